The average molecular weight is 477 g/mol. The van der Waals surface area contributed by atoms with E-state index in [4.69, 9.17) is 33.7 Å². The number of amides is 1. The van der Waals surface area contributed by atoms with Crippen molar-refractivity contribution in [1.82, 2.24) is 9.55 Å². The summed E-state index contributed by atoms with van der Waals surface area (Å²) in [6, 6.07) is 13.5. The third kappa shape index (κ3) is 5.40. The smallest absolute Gasteiger partial charge is 0.330 e. The zero-order chi connectivity index (χ0) is 23.3. The number of methoxy groups -OCH3 is 1. The molecule has 1 heterocycles. The van der Waals surface area contributed by atoms with E-state index in [0.29, 0.717) is 13.0 Å². The SMILES string of the molecule is COCCCN(C(=O)c1cc(Cl)cc(Cl)c1)c1c(N)n(Cc2ccccc2)c(=O)[nH]c1=O. The predicted octanol–water partition coefficient (Wildman–Crippen LogP) is 3.16. The number of carbonyl (C=O) groups is 1. The van der Waals surface area contributed by atoms with E-state index in [9.17, 15) is 14.4 Å². The summed E-state index contributed by atoms with van der Waals surface area (Å²) >= 11 is 12.1. The van der Waals surface area contributed by atoms with Gasteiger partial charge in [-0.15, -0.1) is 0 Å². The van der Waals surface area contributed by atoms with Gasteiger partial charge in [-0.2, -0.15) is 0 Å². The lowest BCUT2D eigenvalue weighted by Crippen LogP contribution is -2.42. The highest BCUT2D eigenvalue weighted by Crippen LogP contribution is 2.24. The highest BCUT2D eigenvalue weighted by molar-refractivity contribution is 6.35. The highest BCUT2D eigenvalue weighted by atomic mass is 35.5. The Bertz CT molecular complexity index is 1200. The third-order valence-corrected chi connectivity index (χ3v) is 5.19. The van der Waals surface area contributed by atoms with Crippen molar-refractivity contribution in [2.24, 2.45) is 0 Å². The van der Waals surface area contributed by atoms with Gasteiger partial charge in [0.25, 0.3) is 11.5 Å². The number of aromatic nitrogens is 2. The Morgan fingerprint density at radius 1 is 1.12 bits per heavy atom. The maximum Gasteiger partial charge on any atom is 0.330 e. The second-order valence-corrected chi connectivity index (χ2v) is 7.90. The van der Waals surface area contributed by atoms with Gasteiger partial charge in [0.15, 0.2) is 5.69 Å². The minimum Gasteiger partial charge on any atom is -0.385 e. The van der Waals surface area contributed by atoms with Gasteiger partial charge in [0.1, 0.15) is 5.82 Å². The maximum absolute atomic E-state index is 13.4. The summed E-state index contributed by atoms with van der Waals surface area (Å²) in [5.74, 6) is -0.658. The van der Waals surface area contributed by atoms with Crippen LogP contribution in [0.2, 0.25) is 10.0 Å². The fraction of sp³-hybridized carbons (Fsp3) is 0.227. The fourth-order valence-electron chi connectivity index (χ4n) is 3.28. The highest BCUT2D eigenvalue weighted by Gasteiger charge is 2.25. The van der Waals surface area contributed by atoms with Crippen LogP contribution in [0.3, 0.4) is 0 Å². The normalized spacial score (nSPS) is 10.8. The van der Waals surface area contributed by atoms with E-state index in [0.717, 1.165) is 5.56 Å². The first-order valence-corrected chi connectivity index (χ1v) is 10.5. The number of nitrogen functional groups attached to an aromatic ring is 1. The summed E-state index contributed by atoms with van der Waals surface area (Å²) in [6.45, 7) is 0.591. The van der Waals surface area contributed by atoms with Crippen molar-refractivity contribution in [1.29, 1.82) is 0 Å². The average Bonchev–Trinajstić information content (AvgIpc) is 2.75. The molecule has 10 heteroatoms. The van der Waals surface area contributed by atoms with Crippen LogP contribution in [-0.2, 0) is 11.3 Å². The van der Waals surface area contributed by atoms with Crippen LogP contribution in [0.1, 0.15) is 22.3 Å². The van der Waals surface area contributed by atoms with Crippen LogP contribution in [0, 0.1) is 0 Å². The Morgan fingerprint density at radius 3 is 2.41 bits per heavy atom. The van der Waals surface area contributed by atoms with Crippen molar-refractivity contribution >= 4 is 40.6 Å². The number of H-pyrrole nitrogens is 1. The van der Waals surface area contributed by atoms with Crippen molar-refractivity contribution < 1.29 is 9.53 Å². The van der Waals surface area contributed by atoms with E-state index < -0.39 is 17.2 Å². The summed E-state index contributed by atoms with van der Waals surface area (Å²) in [6.07, 6.45) is 0.424. The van der Waals surface area contributed by atoms with Crippen LogP contribution >= 0.6 is 23.2 Å². The number of halogens is 2. The predicted molar refractivity (Wildman–Crippen MR) is 126 cm³/mol. The van der Waals surface area contributed by atoms with Crippen molar-refractivity contribution in [2.45, 2.75) is 13.0 Å². The molecule has 0 bridgehead atoms. The molecule has 3 N–H and O–H groups in total. The van der Waals surface area contributed by atoms with E-state index in [1.54, 1.807) is 0 Å². The van der Waals surface area contributed by atoms with Crippen LogP contribution in [0.25, 0.3) is 0 Å². The van der Waals surface area contributed by atoms with E-state index in [-0.39, 0.29) is 40.2 Å². The topological polar surface area (TPSA) is 110 Å². The van der Waals surface area contributed by atoms with E-state index >= 15 is 0 Å². The Kier molecular flexibility index (Phi) is 7.74. The standard InChI is InChI=1S/C22H22Cl2N4O4/c1-32-9-5-8-27(21(30)15-10-16(23)12-17(24)11-15)18-19(25)28(22(31)26-20(18)29)13-14-6-3-2-4-7-14/h2-4,6-7,10-12H,5,8-9,13,25H2,1H3,(H,26,29,31). The van der Waals surface area contributed by atoms with Crippen LogP contribution < -0.4 is 21.9 Å². The Hall–Kier alpha value is -3.07. The summed E-state index contributed by atoms with van der Waals surface area (Å²) in [7, 11) is 1.53. The molecule has 0 aliphatic rings. The van der Waals surface area contributed by atoms with Crippen molar-refractivity contribution in [2.75, 3.05) is 30.9 Å². The summed E-state index contributed by atoms with van der Waals surface area (Å²) < 4.78 is 6.30. The summed E-state index contributed by atoms with van der Waals surface area (Å²) in [5, 5.41) is 0.544. The number of carbonyl (C=O) groups excluding carboxylic acids is 1. The molecular weight excluding hydrogens is 455 g/mol. The molecule has 0 saturated heterocycles. The van der Waals surface area contributed by atoms with Gasteiger partial charge in [-0.3, -0.25) is 19.1 Å². The van der Waals surface area contributed by atoms with E-state index in [1.165, 1.54) is 34.8 Å². The van der Waals surface area contributed by atoms with Gasteiger partial charge in [0.05, 0.1) is 6.54 Å². The van der Waals surface area contributed by atoms with Gasteiger partial charge in [0, 0.05) is 35.9 Å². The number of benzene rings is 2. The van der Waals surface area contributed by atoms with Crippen LogP contribution in [-0.4, -0.2) is 35.7 Å². The largest absolute Gasteiger partial charge is 0.385 e. The summed E-state index contributed by atoms with van der Waals surface area (Å²) in [4.78, 5) is 42.1. The molecule has 3 aromatic rings. The first-order valence-electron chi connectivity index (χ1n) is 9.75. The summed E-state index contributed by atoms with van der Waals surface area (Å²) in [5.41, 5.74) is 5.70. The fourth-order valence-corrected chi connectivity index (χ4v) is 3.80. The number of anilines is 2. The molecule has 0 aliphatic carbocycles. The zero-order valence-corrected chi connectivity index (χ0v) is 18.8. The zero-order valence-electron chi connectivity index (χ0n) is 17.3. The quantitative estimate of drug-likeness (QED) is 0.485. The molecule has 0 radical (unpaired) electrons. The van der Waals surface area contributed by atoms with Gasteiger partial charge < -0.3 is 15.4 Å². The second-order valence-electron chi connectivity index (χ2n) is 7.03. The molecule has 3 rings (SSSR count). The van der Waals surface area contributed by atoms with Gasteiger partial charge >= 0.3 is 5.69 Å². The number of hydrogen-bond donors (Lipinski definition) is 2. The molecular formula is C22H22Cl2N4O4. The molecule has 1 aromatic heterocycles. The first kappa shape index (κ1) is 23.6. The lowest BCUT2D eigenvalue weighted by molar-refractivity contribution is 0.0983. The second kappa shape index (κ2) is 10.5. The minimum absolute atomic E-state index is 0.119. The molecule has 2 aromatic carbocycles. The lowest BCUT2D eigenvalue weighted by Gasteiger charge is -2.25. The minimum atomic E-state index is -0.768. The number of nitrogens with two attached hydrogens (primary N) is 1. The Morgan fingerprint density at radius 2 is 1.78 bits per heavy atom. The molecule has 0 aliphatic heterocycles. The molecule has 0 saturated carbocycles. The maximum atomic E-state index is 13.4. The van der Waals surface area contributed by atoms with E-state index in [1.807, 2.05) is 30.3 Å². The van der Waals surface area contributed by atoms with Crippen molar-refractivity contribution in [3.8, 4) is 0 Å². The lowest BCUT2D eigenvalue weighted by atomic mass is 10.1. The number of nitrogens with one attached hydrogen (secondary N) is 1. The molecule has 8 nitrogen and oxygen atoms in total. The number of aromatic amines is 1. The molecule has 0 spiro atoms. The molecule has 1 amide bonds. The number of hydrogen-bond acceptors (Lipinski definition) is 5. The monoisotopic (exact) mass is 476 g/mol. The Labute approximate surface area is 194 Å². The van der Waals surface area contributed by atoms with Gasteiger partial charge in [0.2, 0.25) is 0 Å². The number of nitrogens with zero attached hydrogens (tertiary/aromatic N) is 2. The van der Waals surface area contributed by atoms with Gasteiger partial charge in [-0.1, -0.05) is 53.5 Å². The molecule has 0 fully saturated rings. The number of rotatable bonds is 8. The first-order chi connectivity index (χ1) is 15.3. The number of ether oxygens (including phenoxy) is 1. The molecule has 32 heavy (non-hydrogen) atoms. The van der Waals surface area contributed by atoms with Crippen LogP contribution in [0.15, 0.2) is 58.1 Å². The van der Waals surface area contributed by atoms with Crippen LogP contribution in [0.5, 0.6) is 0 Å². The molecule has 168 valence electrons. The Balaban J connectivity index is 2.11. The van der Waals surface area contributed by atoms with Gasteiger partial charge in [-0.25, -0.2) is 4.79 Å². The van der Waals surface area contributed by atoms with E-state index in [2.05, 4.69) is 4.98 Å². The molecule has 0 atom stereocenters. The van der Waals surface area contributed by atoms with Crippen molar-refractivity contribution in [3.63, 3.8) is 0 Å². The third-order valence-electron chi connectivity index (χ3n) is 4.75. The van der Waals surface area contributed by atoms with Crippen molar-refractivity contribution in [3.05, 3.63) is 90.5 Å². The van der Waals surface area contributed by atoms with Crippen LogP contribution in [0.4, 0.5) is 11.5 Å². The van der Waals surface area contributed by atoms with Gasteiger partial charge in [-0.05, 0) is 30.2 Å². The molecule has 0 unspecified atom stereocenters.